The van der Waals surface area contributed by atoms with Crippen LogP contribution in [0.2, 0.25) is 0 Å². The molecule has 2 rings (SSSR count). The van der Waals surface area contributed by atoms with E-state index < -0.39 is 12.0 Å². The van der Waals surface area contributed by atoms with Gasteiger partial charge in [-0.15, -0.1) is 0 Å². The molecule has 0 unspecified atom stereocenters. The van der Waals surface area contributed by atoms with E-state index in [2.05, 4.69) is 6.58 Å². The van der Waals surface area contributed by atoms with Crippen LogP contribution in [0.5, 0.6) is 0 Å². The maximum Gasteiger partial charge on any atom is 0.324 e. The molecule has 1 atom stereocenters. The van der Waals surface area contributed by atoms with Gasteiger partial charge in [0.2, 0.25) is 0 Å². The molecule has 0 fully saturated rings. The van der Waals surface area contributed by atoms with Crippen LogP contribution in [0.1, 0.15) is 17.0 Å². The highest BCUT2D eigenvalue weighted by molar-refractivity contribution is 5.78. The molecule has 3 heteroatoms. The summed E-state index contributed by atoms with van der Waals surface area (Å²) in [6.45, 7) is 3.70. The molecule has 3 nitrogen and oxygen atoms in total. The van der Waals surface area contributed by atoms with Crippen LogP contribution in [-0.4, -0.2) is 18.6 Å². The fourth-order valence-electron chi connectivity index (χ4n) is 2.30. The molecule has 0 aliphatic heterocycles. The summed E-state index contributed by atoms with van der Waals surface area (Å²) in [4.78, 5) is 12.1. The highest BCUT2D eigenvalue weighted by Gasteiger charge is 2.28. The highest BCUT2D eigenvalue weighted by atomic mass is 16.5. The van der Waals surface area contributed by atoms with Crippen molar-refractivity contribution >= 4 is 5.97 Å². The van der Waals surface area contributed by atoms with Gasteiger partial charge >= 0.3 is 5.97 Å². The molecule has 2 N–H and O–H groups in total. The molecular formula is C18H19NO2. The minimum Gasteiger partial charge on any atom is -0.460 e. The average Bonchev–Trinajstić information content (AvgIpc) is 2.54. The summed E-state index contributed by atoms with van der Waals surface area (Å²) < 4.78 is 5.09. The Morgan fingerprint density at radius 1 is 1.05 bits per heavy atom. The van der Waals surface area contributed by atoms with Crippen molar-refractivity contribution in [1.29, 1.82) is 0 Å². The van der Waals surface area contributed by atoms with Gasteiger partial charge in [0.05, 0.1) is 0 Å². The van der Waals surface area contributed by atoms with E-state index >= 15 is 0 Å². The van der Waals surface area contributed by atoms with Crippen LogP contribution < -0.4 is 5.73 Å². The largest absolute Gasteiger partial charge is 0.460 e. The number of rotatable bonds is 6. The Labute approximate surface area is 125 Å². The molecule has 21 heavy (non-hydrogen) atoms. The van der Waals surface area contributed by atoms with Gasteiger partial charge in [-0.05, 0) is 11.1 Å². The van der Waals surface area contributed by atoms with Gasteiger partial charge in [-0.2, -0.15) is 0 Å². The van der Waals surface area contributed by atoms with Crippen molar-refractivity contribution in [1.82, 2.24) is 0 Å². The predicted octanol–water partition coefficient (Wildman–Crippen LogP) is 2.88. The molecule has 0 aliphatic rings. The molecule has 2 aromatic rings. The minimum atomic E-state index is -0.755. The number of carbonyl (C=O) groups is 1. The maximum atomic E-state index is 12.1. The molecule has 0 heterocycles. The number of hydrogen-bond donors (Lipinski definition) is 1. The summed E-state index contributed by atoms with van der Waals surface area (Å²) in [6, 6.07) is 18.8. The number of benzene rings is 2. The second kappa shape index (κ2) is 7.41. The van der Waals surface area contributed by atoms with Crippen LogP contribution >= 0.6 is 0 Å². The summed E-state index contributed by atoms with van der Waals surface area (Å²) >= 11 is 0. The van der Waals surface area contributed by atoms with Gasteiger partial charge in [-0.25, -0.2) is 0 Å². The van der Waals surface area contributed by atoms with Gasteiger partial charge in [-0.1, -0.05) is 73.3 Å². The molecule has 0 aliphatic carbocycles. The van der Waals surface area contributed by atoms with E-state index in [4.69, 9.17) is 10.5 Å². The van der Waals surface area contributed by atoms with Crippen molar-refractivity contribution < 1.29 is 9.53 Å². The molecular weight excluding hydrogens is 262 g/mol. The summed E-state index contributed by atoms with van der Waals surface area (Å²) in [7, 11) is 0. The van der Waals surface area contributed by atoms with Crippen LogP contribution in [-0.2, 0) is 9.53 Å². The molecule has 2 aromatic carbocycles. The number of esters is 1. The lowest BCUT2D eigenvalue weighted by atomic mass is 9.85. The number of carbonyl (C=O) groups excluding carboxylic acids is 1. The van der Waals surface area contributed by atoms with Gasteiger partial charge in [0, 0.05) is 5.92 Å². The Hall–Kier alpha value is -2.39. The Morgan fingerprint density at radius 3 is 1.95 bits per heavy atom. The van der Waals surface area contributed by atoms with Crippen LogP contribution in [0.15, 0.2) is 73.3 Å². The Morgan fingerprint density at radius 2 is 1.52 bits per heavy atom. The van der Waals surface area contributed by atoms with E-state index in [1.807, 2.05) is 60.7 Å². The number of hydrogen-bond acceptors (Lipinski definition) is 3. The normalized spacial score (nSPS) is 11.9. The standard InChI is InChI=1S/C18H19NO2/c1-2-13-21-18(20)17(19)16(14-9-5-3-6-10-14)15-11-7-4-8-12-15/h2-12,16-17H,1,13,19H2/t17-/m0/s1. The smallest absolute Gasteiger partial charge is 0.324 e. The van der Waals surface area contributed by atoms with Gasteiger partial charge in [-0.3, -0.25) is 4.79 Å². The zero-order valence-electron chi connectivity index (χ0n) is 11.8. The molecule has 0 saturated carbocycles. The molecule has 108 valence electrons. The fraction of sp³-hybridized carbons (Fsp3) is 0.167. The van der Waals surface area contributed by atoms with Crippen LogP contribution in [0.4, 0.5) is 0 Å². The van der Waals surface area contributed by atoms with Crippen LogP contribution in [0, 0.1) is 0 Å². The molecule has 0 amide bonds. The SMILES string of the molecule is C=CCOC(=O)[C@@H](N)C(c1ccccc1)c1ccccc1. The Balaban J connectivity index is 2.33. The zero-order valence-corrected chi connectivity index (χ0v) is 11.8. The number of ether oxygens (including phenoxy) is 1. The summed E-state index contributed by atoms with van der Waals surface area (Å²) in [5, 5.41) is 0. The van der Waals surface area contributed by atoms with Crippen molar-refractivity contribution in [3.8, 4) is 0 Å². The van der Waals surface area contributed by atoms with Crippen molar-refractivity contribution in [2.45, 2.75) is 12.0 Å². The lowest BCUT2D eigenvalue weighted by Crippen LogP contribution is -2.38. The van der Waals surface area contributed by atoms with E-state index in [9.17, 15) is 4.79 Å². The third-order valence-electron chi connectivity index (χ3n) is 3.29. The third-order valence-corrected chi connectivity index (χ3v) is 3.29. The van der Waals surface area contributed by atoms with Crippen LogP contribution in [0.25, 0.3) is 0 Å². The first-order valence-corrected chi connectivity index (χ1v) is 6.87. The van der Waals surface area contributed by atoms with Crippen molar-refractivity contribution in [2.75, 3.05) is 6.61 Å². The van der Waals surface area contributed by atoms with Crippen LogP contribution in [0.3, 0.4) is 0 Å². The quantitative estimate of drug-likeness (QED) is 0.654. The van der Waals surface area contributed by atoms with Gasteiger partial charge in [0.15, 0.2) is 0 Å². The first-order chi connectivity index (χ1) is 10.2. The molecule has 0 radical (unpaired) electrons. The van der Waals surface area contributed by atoms with E-state index in [-0.39, 0.29) is 12.5 Å². The van der Waals surface area contributed by atoms with Gasteiger partial charge in [0.1, 0.15) is 12.6 Å². The van der Waals surface area contributed by atoms with E-state index in [0.29, 0.717) is 0 Å². The Kier molecular flexibility index (Phi) is 5.29. The maximum absolute atomic E-state index is 12.1. The van der Waals surface area contributed by atoms with E-state index in [1.54, 1.807) is 0 Å². The summed E-state index contributed by atoms with van der Waals surface area (Å²) in [6.07, 6.45) is 1.53. The zero-order chi connectivity index (χ0) is 15.1. The first-order valence-electron chi connectivity index (χ1n) is 6.87. The molecule has 0 spiro atoms. The van der Waals surface area contributed by atoms with E-state index in [0.717, 1.165) is 11.1 Å². The fourth-order valence-corrected chi connectivity index (χ4v) is 2.30. The van der Waals surface area contributed by atoms with Crippen molar-refractivity contribution in [2.24, 2.45) is 5.73 Å². The topological polar surface area (TPSA) is 52.3 Å². The lowest BCUT2D eigenvalue weighted by Gasteiger charge is -2.23. The average molecular weight is 281 g/mol. The Bertz CT molecular complexity index is 541. The third kappa shape index (κ3) is 3.80. The second-order valence-electron chi connectivity index (χ2n) is 4.74. The second-order valence-corrected chi connectivity index (χ2v) is 4.74. The van der Waals surface area contributed by atoms with Gasteiger partial charge < -0.3 is 10.5 Å². The van der Waals surface area contributed by atoms with E-state index in [1.165, 1.54) is 6.08 Å². The molecule has 0 saturated heterocycles. The van der Waals surface area contributed by atoms with Crippen molar-refractivity contribution in [3.05, 3.63) is 84.4 Å². The number of nitrogens with two attached hydrogens (primary N) is 1. The first kappa shape index (κ1) is 15.0. The molecule has 0 aromatic heterocycles. The lowest BCUT2D eigenvalue weighted by molar-refractivity contribution is -0.144. The predicted molar refractivity (Wildman–Crippen MR) is 83.9 cm³/mol. The summed E-state index contributed by atoms with van der Waals surface area (Å²) in [5.74, 6) is -0.655. The van der Waals surface area contributed by atoms with Crippen molar-refractivity contribution in [3.63, 3.8) is 0 Å². The monoisotopic (exact) mass is 281 g/mol. The minimum absolute atomic E-state index is 0.169. The van der Waals surface area contributed by atoms with Gasteiger partial charge in [0.25, 0.3) is 0 Å². The summed E-state index contributed by atoms with van der Waals surface area (Å²) in [5.41, 5.74) is 8.14. The molecule has 0 bridgehead atoms. The highest BCUT2D eigenvalue weighted by Crippen LogP contribution is 2.27.